The van der Waals surface area contributed by atoms with Gasteiger partial charge >= 0.3 is 5.69 Å². The third-order valence-electron chi connectivity index (χ3n) is 4.04. The molecule has 1 atom stereocenters. The van der Waals surface area contributed by atoms with Crippen molar-refractivity contribution in [3.05, 3.63) is 68.6 Å². The molecule has 1 amide bonds. The molecule has 2 N–H and O–H groups in total. The van der Waals surface area contributed by atoms with Crippen molar-refractivity contribution in [3.63, 3.8) is 0 Å². The molecule has 2 heterocycles. The van der Waals surface area contributed by atoms with Crippen molar-refractivity contribution in [2.45, 2.75) is 12.5 Å². The summed E-state index contributed by atoms with van der Waals surface area (Å²) in [4.78, 5) is 44.9. The topological polar surface area (TPSA) is 96.8 Å². The van der Waals surface area contributed by atoms with E-state index in [4.69, 9.17) is 11.6 Å². The van der Waals surface area contributed by atoms with E-state index in [2.05, 4.69) is 15.3 Å². The predicted molar refractivity (Wildman–Crippen MR) is 109 cm³/mol. The van der Waals surface area contributed by atoms with Crippen LogP contribution in [0.3, 0.4) is 0 Å². The summed E-state index contributed by atoms with van der Waals surface area (Å²) < 4.78 is 0.983. The van der Waals surface area contributed by atoms with Crippen molar-refractivity contribution >= 4 is 45.9 Å². The normalized spacial score (nSPS) is 12.1. The summed E-state index contributed by atoms with van der Waals surface area (Å²) >= 11 is 7.28. The molecule has 0 saturated heterocycles. The van der Waals surface area contributed by atoms with E-state index < -0.39 is 23.2 Å². The van der Waals surface area contributed by atoms with E-state index in [-0.39, 0.29) is 0 Å². The van der Waals surface area contributed by atoms with Gasteiger partial charge in [-0.2, -0.15) is 11.8 Å². The molecule has 0 fully saturated rings. The van der Waals surface area contributed by atoms with E-state index >= 15 is 0 Å². The number of hydrogen-bond donors (Lipinski definition) is 2. The van der Waals surface area contributed by atoms with E-state index in [0.717, 1.165) is 4.57 Å². The second-order valence-electron chi connectivity index (χ2n) is 5.81. The van der Waals surface area contributed by atoms with Gasteiger partial charge in [-0.3, -0.25) is 9.59 Å². The largest absolute Gasteiger partial charge is 0.329 e. The molecule has 0 saturated carbocycles. The van der Waals surface area contributed by atoms with E-state index in [9.17, 15) is 14.4 Å². The fourth-order valence-electron chi connectivity index (χ4n) is 2.74. The summed E-state index contributed by atoms with van der Waals surface area (Å²) in [7, 11) is 0. The number of benzene rings is 1. The first-order valence-corrected chi connectivity index (χ1v) is 9.93. The Morgan fingerprint density at radius 1 is 1.30 bits per heavy atom. The highest BCUT2D eigenvalue weighted by atomic mass is 35.5. The summed E-state index contributed by atoms with van der Waals surface area (Å²) in [6.07, 6.45) is 3.64. The number of pyridine rings is 1. The molecule has 3 rings (SSSR count). The molecule has 3 aromatic rings. The number of fused-ring (bicyclic) bond motifs is 1. The Labute approximate surface area is 163 Å². The van der Waals surface area contributed by atoms with E-state index in [1.807, 2.05) is 6.26 Å². The Morgan fingerprint density at radius 2 is 2.07 bits per heavy atom. The number of H-pyrrole nitrogens is 1. The number of thioether (sulfide) groups is 1. The molecule has 0 spiro atoms. The van der Waals surface area contributed by atoms with E-state index in [1.54, 1.807) is 36.4 Å². The minimum atomic E-state index is -0.950. The highest BCUT2D eigenvalue weighted by Crippen LogP contribution is 2.17. The van der Waals surface area contributed by atoms with Gasteiger partial charge in [-0.25, -0.2) is 14.3 Å². The molecule has 1 aromatic carbocycles. The zero-order valence-corrected chi connectivity index (χ0v) is 16.0. The first kappa shape index (κ1) is 19.2. The van der Waals surface area contributed by atoms with Crippen LogP contribution in [0.5, 0.6) is 0 Å². The zero-order valence-electron chi connectivity index (χ0n) is 14.4. The maximum absolute atomic E-state index is 12.9. The Hall–Kier alpha value is -2.58. The summed E-state index contributed by atoms with van der Waals surface area (Å²) in [5.74, 6) is 0.145. The monoisotopic (exact) mass is 404 g/mol. The van der Waals surface area contributed by atoms with E-state index in [0.29, 0.717) is 33.9 Å². The van der Waals surface area contributed by atoms with Crippen LogP contribution in [-0.2, 0) is 4.79 Å². The van der Waals surface area contributed by atoms with Gasteiger partial charge in [0, 0.05) is 0 Å². The lowest BCUT2D eigenvalue weighted by Crippen LogP contribution is -2.43. The van der Waals surface area contributed by atoms with Crippen LogP contribution < -0.4 is 16.6 Å². The Morgan fingerprint density at radius 3 is 2.78 bits per heavy atom. The molecule has 0 aliphatic carbocycles. The number of hydrogen-bond acceptors (Lipinski definition) is 5. The molecule has 0 aliphatic heterocycles. The molecule has 0 aliphatic rings. The zero-order chi connectivity index (χ0) is 19.4. The van der Waals surface area contributed by atoms with Gasteiger partial charge in [-0.05, 0) is 42.7 Å². The number of para-hydroxylation sites is 1. The molecule has 0 radical (unpaired) electrons. The van der Waals surface area contributed by atoms with Crippen LogP contribution in [0.1, 0.15) is 12.5 Å². The maximum Gasteiger partial charge on any atom is 0.329 e. The number of amides is 1. The molecular formula is C18H17ClN4O3S. The van der Waals surface area contributed by atoms with Gasteiger partial charge in [-0.15, -0.1) is 0 Å². The number of nitrogens with one attached hydrogen (secondary N) is 2. The predicted octanol–water partition coefficient (Wildman–Crippen LogP) is 2.67. The number of nitrogens with zero attached hydrogens (tertiary/aromatic N) is 2. The molecule has 0 bridgehead atoms. The molecular weight excluding hydrogens is 388 g/mol. The van der Waals surface area contributed by atoms with Crippen molar-refractivity contribution in [1.82, 2.24) is 14.5 Å². The van der Waals surface area contributed by atoms with Gasteiger partial charge in [0.15, 0.2) is 0 Å². The maximum atomic E-state index is 12.9. The molecule has 2 aromatic heterocycles. The number of carbonyl (C=O) groups is 1. The van der Waals surface area contributed by atoms with Crippen LogP contribution in [0.2, 0.25) is 5.15 Å². The van der Waals surface area contributed by atoms with Gasteiger partial charge in [0.2, 0.25) is 5.91 Å². The van der Waals surface area contributed by atoms with Gasteiger partial charge in [-0.1, -0.05) is 23.7 Å². The second kappa shape index (κ2) is 8.41. The van der Waals surface area contributed by atoms with E-state index in [1.165, 1.54) is 18.0 Å². The number of halogens is 1. The lowest BCUT2D eigenvalue weighted by Gasteiger charge is -2.18. The van der Waals surface area contributed by atoms with Crippen molar-refractivity contribution in [2.75, 3.05) is 17.3 Å². The van der Waals surface area contributed by atoms with Crippen LogP contribution in [0.25, 0.3) is 10.9 Å². The van der Waals surface area contributed by atoms with Crippen molar-refractivity contribution in [2.24, 2.45) is 0 Å². The van der Waals surface area contributed by atoms with Crippen molar-refractivity contribution in [3.8, 4) is 0 Å². The summed E-state index contributed by atoms with van der Waals surface area (Å²) in [6, 6.07) is 8.91. The molecule has 27 heavy (non-hydrogen) atoms. The highest BCUT2D eigenvalue weighted by molar-refractivity contribution is 7.98. The van der Waals surface area contributed by atoms with Gasteiger partial charge in [0.25, 0.3) is 5.56 Å². The average Bonchev–Trinajstić information content (AvgIpc) is 2.66. The second-order valence-corrected chi connectivity index (χ2v) is 7.18. The first-order valence-electron chi connectivity index (χ1n) is 8.16. The first-order chi connectivity index (χ1) is 13.0. The van der Waals surface area contributed by atoms with Crippen molar-refractivity contribution < 1.29 is 4.79 Å². The van der Waals surface area contributed by atoms with Gasteiger partial charge in [0.1, 0.15) is 11.2 Å². The third kappa shape index (κ3) is 4.23. The number of aromatic nitrogens is 3. The minimum Gasteiger partial charge on any atom is -0.323 e. The summed E-state index contributed by atoms with van der Waals surface area (Å²) in [5.41, 5.74) is -0.238. The quantitative estimate of drug-likeness (QED) is 0.615. The standard InChI is InChI=1S/C18H17ClN4O3S/c1-27-9-8-14(16(24)21-11-6-7-15(19)20-10-11)23-17(25)12-4-2-3-5-13(12)22-18(23)26/h2-7,10,14H,8-9H2,1H3,(H,21,24)(H,22,26). The van der Waals surface area contributed by atoms with Crippen LogP contribution in [-0.4, -0.2) is 32.5 Å². The fraction of sp³-hybridized carbons (Fsp3) is 0.222. The number of anilines is 1. The van der Waals surface area contributed by atoms with Crippen LogP contribution >= 0.6 is 23.4 Å². The van der Waals surface area contributed by atoms with Crippen LogP contribution in [0.15, 0.2) is 52.2 Å². The summed E-state index contributed by atoms with van der Waals surface area (Å²) in [5, 5.41) is 3.35. The summed E-state index contributed by atoms with van der Waals surface area (Å²) in [6.45, 7) is 0. The number of aromatic amines is 1. The minimum absolute atomic E-state index is 0.300. The molecule has 1 unspecified atom stereocenters. The van der Waals surface area contributed by atoms with Crippen molar-refractivity contribution in [1.29, 1.82) is 0 Å². The molecule has 140 valence electrons. The third-order valence-corrected chi connectivity index (χ3v) is 4.91. The Kier molecular flexibility index (Phi) is 5.98. The average molecular weight is 405 g/mol. The lowest BCUT2D eigenvalue weighted by atomic mass is 10.1. The smallest absolute Gasteiger partial charge is 0.323 e. The Balaban J connectivity index is 2.03. The highest BCUT2D eigenvalue weighted by Gasteiger charge is 2.24. The van der Waals surface area contributed by atoms with Gasteiger partial charge in [0.05, 0.1) is 22.8 Å². The fourth-order valence-corrected chi connectivity index (χ4v) is 3.31. The van der Waals surface area contributed by atoms with Gasteiger partial charge < -0.3 is 10.3 Å². The molecule has 7 nitrogen and oxygen atoms in total. The van der Waals surface area contributed by atoms with Crippen LogP contribution in [0.4, 0.5) is 5.69 Å². The molecule has 9 heteroatoms. The number of rotatable bonds is 6. The SMILES string of the molecule is CSCCC(C(=O)Nc1ccc(Cl)nc1)n1c(=O)[nH]c2ccccc2c1=O. The number of carbonyl (C=O) groups excluding carboxylic acids is 1. The lowest BCUT2D eigenvalue weighted by molar-refractivity contribution is -0.119. The Bertz CT molecular complexity index is 1080. The van der Waals surface area contributed by atoms with Crippen LogP contribution in [0, 0.1) is 0 Å².